The molecule has 0 saturated carbocycles. The SMILES string of the molecule is Cc1ccn2c(C(=O)N(C)C[C@@H]3CCCCO3)nnc2n1. The zero-order valence-corrected chi connectivity index (χ0v) is 12.3. The zero-order valence-electron chi connectivity index (χ0n) is 12.3. The second-order valence-corrected chi connectivity index (χ2v) is 5.44. The topological polar surface area (TPSA) is 72.6 Å². The first kappa shape index (κ1) is 13.9. The van der Waals surface area contributed by atoms with Crippen molar-refractivity contribution in [1.82, 2.24) is 24.5 Å². The highest BCUT2D eigenvalue weighted by Crippen LogP contribution is 2.14. The second kappa shape index (κ2) is 5.77. The molecule has 0 bridgehead atoms. The minimum Gasteiger partial charge on any atom is -0.376 e. The largest absolute Gasteiger partial charge is 0.376 e. The quantitative estimate of drug-likeness (QED) is 0.845. The van der Waals surface area contributed by atoms with E-state index in [2.05, 4.69) is 15.2 Å². The number of ether oxygens (including phenoxy) is 1. The van der Waals surface area contributed by atoms with Gasteiger partial charge in [0.25, 0.3) is 11.7 Å². The van der Waals surface area contributed by atoms with Crippen LogP contribution in [-0.2, 0) is 4.74 Å². The summed E-state index contributed by atoms with van der Waals surface area (Å²) < 4.78 is 7.29. The van der Waals surface area contributed by atoms with Crippen molar-refractivity contribution in [2.45, 2.75) is 32.3 Å². The number of carbonyl (C=O) groups excluding carboxylic acids is 1. The van der Waals surface area contributed by atoms with Crippen molar-refractivity contribution in [2.24, 2.45) is 0 Å². The Bertz CT molecular complexity index is 648. The maximum atomic E-state index is 12.5. The normalized spacial score (nSPS) is 18.9. The maximum Gasteiger partial charge on any atom is 0.292 e. The fraction of sp³-hybridized carbons (Fsp3) is 0.571. The summed E-state index contributed by atoms with van der Waals surface area (Å²) in [7, 11) is 1.77. The lowest BCUT2D eigenvalue weighted by atomic mass is 10.1. The Hall–Kier alpha value is -2.02. The van der Waals surface area contributed by atoms with Crippen molar-refractivity contribution in [3.63, 3.8) is 0 Å². The average molecular weight is 289 g/mol. The summed E-state index contributed by atoms with van der Waals surface area (Å²) in [6.07, 6.45) is 5.15. The number of fused-ring (bicyclic) bond motifs is 1. The Balaban J connectivity index is 1.76. The summed E-state index contributed by atoms with van der Waals surface area (Å²) in [5.41, 5.74) is 0.845. The van der Waals surface area contributed by atoms with Crippen molar-refractivity contribution in [1.29, 1.82) is 0 Å². The van der Waals surface area contributed by atoms with E-state index in [4.69, 9.17) is 4.74 Å². The molecule has 1 amide bonds. The number of nitrogens with zero attached hydrogens (tertiary/aromatic N) is 5. The number of likely N-dealkylation sites (N-methyl/N-ethyl adjacent to an activating group) is 1. The van der Waals surface area contributed by atoms with E-state index in [-0.39, 0.29) is 17.8 Å². The lowest BCUT2D eigenvalue weighted by Crippen LogP contribution is -2.37. The zero-order chi connectivity index (χ0) is 14.8. The van der Waals surface area contributed by atoms with Gasteiger partial charge >= 0.3 is 0 Å². The second-order valence-electron chi connectivity index (χ2n) is 5.44. The van der Waals surface area contributed by atoms with Crippen LogP contribution in [0.5, 0.6) is 0 Å². The molecule has 0 radical (unpaired) electrons. The molecular formula is C14H19N5O2. The van der Waals surface area contributed by atoms with E-state index < -0.39 is 0 Å². The van der Waals surface area contributed by atoms with Gasteiger partial charge in [0.1, 0.15) is 0 Å². The average Bonchev–Trinajstić information content (AvgIpc) is 2.90. The van der Waals surface area contributed by atoms with Crippen molar-refractivity contribution in [3.05, 3.63) is 23.8 Å². The Morgan fingerprint density at radius 3 is 3.10 bits per heavy atom. The Morgan fingerprint density at radius 1 is 1.48 bits per heavy atom. The molecule has 0 N–H and O–H groups in total. The van der Waals surface area contributed by atoms with E-state index in [9.17, 15) is 4.79 Å². The van der Waals surface area contributed by atoms with E-state index in [1.165, 1.54) is 0 Å². The first-order valence-corrected chi connectivity index (χ1v) is 7.20. The van der Waals surface area contributed by atoms with E-state index >= 15 is 0 Å². The molecule has 112 valence electrons. The van der Waals surface area contributed by atoms with Gasteiger partial charge in [-0.2, -0.15) is 0 Å². The number of hydrogen-bond donors (Lipinski definition) is 0. The first-order valence-electron chi connectivity index (χ1n) is 7.20. The van der Waals surface area contributed by atoms with Crippen LogP contribution in [0.3, 0.4) is 0 Å². The fourth-order valence-corrected chi connectivity index (χ4v) is 2.53. The number of aromatic nitrogens is 4. The molecule has 3 rings (SSSR count). The number of rotatable bonds is 3. The predicted octanol–water partition coefficient (Wildman–Crippen LogP) is 1.07. The molecule has 1 aliphatic rings. The van der Waals surface area contributed by atoms with Crippen LogP contribution in [0.15, 0.2) is 12.3 Å². The summed E-state index contributed by atoms with van der Waals surface area (Å²) in [6.45, 7) is 3.24. The molecule has 0 aromatic carbocycles. The molecule has 1 aliphatic heterocycles. The number of carbonyl (C=O) groups is 1. The lowest BCUT2D eigenvalue weighted by molar-refractivity contribution is -0.000427. The molecule has 2 aromatic rings. The Kier molecular flexibility index (Phi) is 3.83. The minimum absolute atomic E-state index is 0.118. The molecule has 1 atom stereocenters. The van der Waals surface area contributed by atoms with Gasteiger partial charge in [-0.05, 0) is 32.3 Å². The number of amides is 1. The van der Waals surface area contributed by atoms with Crippen LogP contribution in [0, 0.1) is 6.92 Å². The van der Waals surface area contributed by atoms with Crippen LogP contribution in [0.4, 0.5) is 0 Å². The molecule has 3 heterocycles. The van der Waals surface area contributed by atoms with Gasteiger partial charge in [-0.1, -0.05) is 0 Å². The van der Waals surface area contributed by atoms with Gasteiger partial charge in [0, 0.05) is 32.1 Å². The predicted molar refractivity (Wildman–Crippen MR) is 76.1 cm³/mol. The summed E-state index contributed by atoms with van der Waals surface area (Å²) in [5.74, 6) is 0.568. The van der Waals surface area contributed by atoms with Crippen molar-refractivity contribution in [3.8, 4) is 0 Å². The van der Waals surface area contributed by atoms with Crippen LogP contribution in [0.25, 0.3) is 5.78 Å². The molecule has 0 aliphatic carbocycles. The smallest absolute Gasteiger partial charge is 0.292 e. The molecule has 7 nitrogen and oxygen atoms in total. The molecule has 2 aromatic heterocycles. The molecule has 1 saturated heterocycles. The monoisotopic (exact) mass is 289 g/mol. The summed E-state index contributed by atoms with van der Waals surface area (Å²) in [5, 5.41) is 7.92. The van der Waals surface area contributed by atoms with E-state index in [1.54, 1.807) is 22.5 Å². The molecule has 7 heteroatoms. The van der Waals surface area contributed by atoms with Gasteiger partial charge in [0.15, 0.2) is 0 Å². The van der Waals surface area contributed by atoms with Crippen molar-refractivity contribution < 1.29 is 9.53 Å². The van der Waals surface area contributed by atoms with Gasteiger partial charge < -0.3 is 9.64 Å². The number of hydrogen-bond acceptors (Lipinski definition) is 5. The van der Waals surface area contributed by atoms with Gasteiger partial charge in [0.05, 0.1) is 6.10 Å². The third-order valence-corrected chi connectivity index (χ3v) is 3.71. The van der Waals surface area contributed by atoms with Crippen LogP contribution >= 0.6 is 0 Å². The molecule has 0 spiro atoms. The third kappa shape index (κ3) is 2.87. The van der Waals surface area contributed by atoms with Crippen molar-refractivity contribution >= 4 is 11.7 Å². The molecule has 0 unspecified atom stereocenters. The van der Waals surface area contributed by atoms with E-state index in [1.807, 2.05) is 13.0 Å². The summed E-state index contributed by atoms with van der Waals surface area (Å²) in [6, 6.07) is 1.83. The molecular weight excluding hydrogens is 270 g/mol. The van der Waals surface area contributed by atoms with Crippen LogP contribution < -0.4 is 0 Å². The summed E-state index contributed by atoms with van der Waals surface area (Å²) in [4.78, 5) is 18.4. The highest BCUT2D eigenvalue weighted by Gasteiger charge is 2.23. The Morgan fingerprint density at radius 2 is 2.33 bits per heavy atom. The van der Waals surface area contributed by atoms with Crippen LogP contribution in [0.2, 0.25) is 0 Å². The Labute approximate surface area is 122 Å². The van der Waals surface area contributed by atoms with Gasteiger partial charge in [-0.25, -0.2) is 4.98 Å². The summed E-state index contributed by atoms with van der Waals surface area (Å²) >= 11 is 0. The first-order chi connectivity index (χ1) is 10.1. The maximum absolute atomic E-state index is 12.5. The van der Waals surface area contributed by atoms with Crippen molar-refractivity contribution in [2.75, 3.05) is 20.2 Å². The lowest BCUT2D eigenvalue weighted by Gasteiger charge is -2.27. The minimum atomic E-state index is -0.165. The number of aryl methyl sites for hydroxylation is 1. The fourth-order valence-electron chi connectivity index (χ4n) is 2.53. The van der Waals surface area contributed by atoms with Gasteiger partial charge in [-0.3, -0.25) is 9.20 Å². The third-order valence-electron chi connectivity index (χ3n) is 3.71. The molecule has 21 heavy (non-hydrogen) atoms. The standard InChI is InChI=1S/C14H19N5O2/c1-10-6-7-19-12(16-17-14(19)15-10)13(20)18(2)9-11-5-3-4-8-21-11/h6-7,11H,3-5,8-9H2,1-2H3/t11-/m0/s1. The van der Waals surface area contributed by atoms with Gasteiger partial charge in [0.2, 0.25) is 5.82 Å². The highest BCUT2D eigenvalue weighted by molar-refractivity contribution is 5.91. The van der Waals surface area contributed by atoms with Crippen LogP contribution in [-0.4, -0.2) is 56.7 Å². The van der Waals surface area contributed by atoms with Crippen LogP contribution in [0.1, 0.15) is 35.6 Å². The van der Waals surface area contributed by atoms with E-state index in [0.29, 0.717) is 12.3 Å². The molecule has 1 fully saturated rings. The van der Waals surface area contributed by atoms with E-state index in [0.717, 1.165) is 31.6 Å². The van der Waals surface area contributed by atoms with Gasteiger partial charge in [-0.15, -0.1) is 10.2 Å². The highest BCUT2D eigenvalue weighted by atomic mass is 16.5.